The van der Waals surface area contributed by atoms with Crippen molar-refractivity contribution in [1.29, 1.82) is 0 Å². The third kappa shape index (κ3) is 3.52. The molecule has 142 valence electrons. The Hall–Kier alpha value is -3.79. The van der Waals surface area contributed by atoms with Gasteiger partial charge in [0.15, 0.2) is 5.78 Å². The van der Waals surface area contributed by atoms with Crippen LogP contribution >= 0.6 is 0 Å². The van der Waals surface area contributed by atoms with Crippen LogP contribution in [0.4, 0.5) is 0 Å². The van der Waals surface area contributed by atoms with Gasteiger partial charge in [-0.3, -0.25) is 9.78 Å². The van der Waals surface area contributed by atoms with E-state index in [9.17, 15) is 9.59 Å². The van der Waals surface area contributed by atoms with E-state index < -0.39 is 5.97 Å². The average molecular weight is 381 g/mol. The maximum absolute atomic E-state index is 13.7. The smallest absolute Gasteiger partial charge is 0.338 e. The van der Waals surface area contributed by atoms with Crippen molar-refractivity contribution < 1.29 is 14.3 Å². The summed E-state index contributed by atoms with van der Waals surface area (Å²) in [5, 5.41) is 1.66. The molecule has 4 rings (SSSR count). The molecule has 1 aromatic heterocycles. The number of ether oxygens (including phenoxy) is 1. The first-order chi connectivity index (χ1) is 14.2. The maximum Gasteiger partial charge on any atom is 0.338 e. The third-order valence-electron chi connectivity index (χ3n) is 4.74. The number of esters is 1. The minimum absolute atomic E-state index is 0.243. The average Bonchev–Trinajstić information content (AvgIpc) is 2.78. The van der Waals surface area contributed by atoms with Gasteiger partial charge in [0, 0.05) is 22.7 Å². The van der Waals surface area contributed by atoms with Gasteiger partial charge in [0.05, 0.1) is 23.4 Å². The summed E-state index contributed by atoms with van der Waals surface area (Å²) in [7, 11) is 0. The van der Waals surface area contributed by atoms with Crippen LogP contribution in [-0.4, -0.2) is 23.3 Å². The van der Waals surface area contributed by atoms with E-state index in [0.29, 0.717) is 16.8 Å². The highest BCUT2D eigenvalue weighted by molar-refractivity contribution is 6.22. The molecule has 0 amide bonds. The molecule has 0 radical (unpaired) electrons. The van der Waals surface area contributed by atoms with Gasteiger partial charge in [0.1, 0.15) is 0 Å². The second-order valence-corrected chi connectivity index (χ2v) is 6.53. The normalized spacial score (nSPS) is 10.7. The van der Waals surface area contributed by atoms with E-state index in [1.54, 1.807) is 37.4 Å². The Labute approximate surface area is 168 Å². The first kappa shape index (κ1) is 18.6. The summed E-state index contributed by atoms with van der Waals surface area (Å²) in [6.07, 6.45) is 1.77. The van der Waals surface area contributed by atoms with E-state index in [2.05, 4.69) is 4.98 Å². The maximum atomic E-state index is 13.7. The number of hydrogen-bond acceptors (Lipinski definition) is 4. The molecular weight excluding hydrogens is 362 g/mol. The molecule has 4 nitrogen and oxygen atoms in total. The molecule has 0 spiro atoms. The summed E-state index contributed by atoms with van der Waals surface area (Å²) in [5.41, 5.74) is 2.47. The van der Waals surface area contributed by atoms with Crippen molar-refractivity contribution >= 4 is 22.5 Å². The number of rotatable bonds is 5. The first-order valence-electron chi connectivity index (χ1n) is 9.44. The monoisotopic (exact) mass is 381 g/mol. The van der Waals surface area contributed by atoms with Crippen LogP contribution in [0.25, 0.3) is 22.0 Å². The Morgan fingerprint density at radius 3 is 2.24 bits per heavy atom. The summed E-state index contributed by atoms with van der Waals surface area (Å²) in [4.78, 5) is 30.8. The molecule has 1 heterocycles. The minimum Gasteiger partial charge on any atom is -0.462 e. The van der Waals surface area contributed by atoms with Crippen LogP contribution in [-0.2, 0) is 4.74 Å². The predicted molar refractivity (Wildman–Crippen MR) is 113 cm³/mol. The molecule has 0 aliphatic carbocycles. The van der Waals surface area contributed by atoms with Crippen LogP contribution in [0.2, 0.25) is 0 Å². The fourth-order valence-corrected chi connectivity index (χ4v) is 3.41. The summed E-state index contributed by atoms with van der Waals surface area (Å²) >= 11 is 0. The molecule has 0 atom stereocenters. The lowest BCUT2D eigenvalue weighted by Crippen LogP contribution is -2.14. The number of carbonyl (C=O) groups is 2. The van der Waals surface area contributed by atoms with Crippen LogP contribution in [0.15, 0.2) is 85.1 Å². The van der Waals surface area contributed by atoms with Crippen molar-refractivity contribution in [3.8, 4) is 11.3 Å². The van der Waals surface area contributed by atoms with Gasteiger partial charge < -0.3 is 4.74 Å². The molecule has 0 saturated carbocycles. The van der Waals surface area contributed by atoms with Crippen LogP contribution in [0.1, 0.15) is 33.2 Å². The minimum atomic E-state index is -0.508. The number of carbonyl (C=O) groups excluding carboxylic acids is 2. The lowest BCUT2D eigenvalue weighted by Gasteiger charge is -2.14. The lowest BCUT2D eigenvalue weighted by molar-refractivity contribution is 0.0523. The molecule has 0 unspecified atom stereocenters. The highest BCUT2D eigenvalue weighted by Gasteiger charge is 2.24. The topological polar surface area (TPSA) is 56.3 Å². The summed E-state index contributed by atoms with van der Waals surface area (Å²) < 4.78 is 5.15. The molecular formula is C25H19NO3. The highest BCUT2D eigenvalue weighted by Crippen LogP contribution is 2.31. The Morgan fingerprint density at radius 1 is 0.828 bits per heavy atom. The Bertz CT molecular complexity index is 1200. The van der Waals surface area contributed by atoms with Crippen LogP contribution in [0, 0.1) is 0 Å². The SMILES string of the molecule is CCOC(=O)c1ccccc1C(=O)c1c(-c2ccccc2)ncc2ccccc12. The van der Waals surface area contributed by atoms with E-state index in [0.717, 1.165) is 16.3 Å². The molecule has 0 saturated heterocycles. The van der Waals surface area contributed by atoms with Gasteiger partial charge in [-0.1, -0.05) is 72.8 Å². The standard InChI is InChI=1S/C25H19NO3/c1-2-29-25(28)21-15-9-8-14-20(21)24(27)22-19-13-7-6-12-18(19)16-26-23(22)17-10-4-3-5-11-17/h3-16H,2H2,1H3. The third-order valence-corrected chi connectivity index (χ3v) is 4.74. The summed E-state index contributed by atoms with van der Waals surface area (Å²) in [6.45, 7) is 1.98. The van der Waals surface area contributed by atoms with E-state index in [1.807, 2.05) is 54.6 Å². The predicted octanol–water partition coefficient (Wildman–Crippen LogP) is 5.31. The number of aromatic nitrogens is 1. The molecule has 0 bridgehead atoms. The van der Waals surface area contributed by atoms with Crippen molar-refractivity contribution in [3.63, 3.8) is 0 Å². The van der Waals surface area contributed by atoms with Crippen molar-refractivity contribution in [3.05, 3.63) is 102 Å². The second kappa shape index (κ2) is 8.07. The van der Waals surface area contributed by atoms with Crippen molar-refractivity contribution in [1.82, 2.24) is 4.98 Å². The zero-order valence-corrected chi connectivity index (χ0v) is 16.0. The molecule has 0 N–H and O–H groups in total. The summed E-state index contributed by atoms with van der Waals surface area (Å²) in [5.74, 6) is -0.761. The van der Waals surface area contributed by atoms with E-state index in [4.69, 9.17) is 4.74 Å². The quantitative estimate of drug-likeness (QED) is 0.347. The fraction of sp³-hybridized carbons (Fsp3) is 0.0800. The Morgan fingerprint density at radius 2 is 1.48 bits per heavy atom. The highest BCUT2D eigenvalue weighted by atomic mass is 16.5. The summed E-state index contributed by atoms with van der Waals surface area (Å²) in [6, 6.07) is 24.0. The number of pyridine rings is 1. The van der Waals surface area contributed by atoms with Crippen molar-refractivity contribution in [2.45, 2.75) is 6.92 Å². The zero-order valence-electron chi connectivity index (χ0n) is 16.0. The molecule has 29 heavy (non-hydrogen) atoms. The molecule has 3 aromatic carbocycles. The lowest BCUT2D eigenvalue weighted by atomic mass is 9.91. The number of ketones is 1. The van der Waals surface area contributed by atoms with Crippen molar-refractivity contribution in [2.75, 3.05) is 6.61 Å². The number of benzene rings is 3. The second-order valence-electron chi connectivity index (χ2n) is 6.53. The molecule has 0 fully saturated rings. The fourth-order valence-electron chi connectivity index (χ4n) is 3.41. The zero-order chi connectivity index (χ0) is 20.2. The van der Waals surface area contributed by atoms with E-state index in [-0.39, 0.29) is 18.0 Å². The molecule has 4 heteroatoms. The first-order valence-corrected chi connectivity index (χ1v) is 9.44. The van der Waals surface area contributed by atoms with Gasteiger partial charge in [-0.25, -0.2) is 4.79 Å². The van der Waals surface area contributed by atoms with Gasteiger partial charge >= 0.3 is 5.97 Å². The van der Waals surface area contributed by atoms with Gasteiger partial charge in [0.2, 0.25) is 0 Å². The Balaban J connectivity index is 1.97. The molecule has 0 aliphatic rings. The Kier molecular flexibility index (Phi) is 5.16. The number of fused-ring (bicyclic) bond motifs is 1. The van der Waals surface area contributed by atoms with E-state index in [1.165, 1.54) is 0 Å². The van der Waals surface area contributed by atoms with Gasteiger partial charge in [-0.2, -0.15) is 0 Å². The van der Waals surface area contributed by atoms with E-state index >= 15 is 0 Å². The van der Waals surface area contributed by atoms with Crippen LogP contribution in [0.5, 0.6) is 0 Å². The molecule has 4 aromatic rings. The van der Waals surface area contributed by atoms with Crippen molar-refractivity contribution in [2.24, 2.45) is 0 Å². The van der Waals surface area contributed by atoms with Gasteiger partial charge in [0.25, 0.3) is 0 Å². The van der Waals surface area contributed by atoms with Gasteiger partial charge in [-0.15, -0.1) is 0 Å². The van der Waals surface area contributed by atoms with Crippen LogP contribution in [0.3, 0.4) is 0 Å². The van der Waals surface area contributed by atoms with Crippen LogP contribution < -0.4 is 0 Å². The number of nitrogens with zero attached hydrogens (tertiary/aromatic N) is 1. The number of hydrogen-bond donors (Lipinski definition) is 0. The molecule has 0 aliphatic heterocycles. The largest absolute Gasteiger partial charge is 0.462 e. The van der Waals surface area contributed by atoms with Gasteiger partial charge in [-0.05, 0) is 18.4 Å².